The lowest BCUT2D eigenvalue weighted by Gasteiger charge is -2.20. The van der Waals surface area contributed by atoms with Crippen LogP contribution in [0.15, 0.2) is 48.5 Å². The Morgan fingerprint density at radius 3 is 2.55 bits per heavy atom. The van der Waals surface area contributed by atoms with Crippen LogP contribution in [0.3, 0.4) is 0 Å². The van der Waals surface area contributed by atoms with Gasteiger partial charge in [-0.05, 0) is 36.8 Å². The third-order valence-electron chi connectivity index (χ3n) is 3.56. The van der Waals surface area contributed by atoms with E-state index in [4.69, 9.17) is 5.73 Å². The molecule has 2 N–H and O–H groups in total. The van der Waals surface area contributed by atoms with E-state index in [1.54, 1.807) is 12.1 Å². The first-order valence-electron chi connectivity index (χ1n) is 6.60. The fourth-order valence-electron chi connectivity index (χ4n) is 2.63. The molecule has 1 unspecified atom stereocenters. The Hall–Kier alpha value is -2.20. The number of nitrogens with zero attached hydrogens (tertiary/aromatic N) is 2. The van der Waals surface area contributed by atoms with E-state index in [1.807, 2.05) is 31.2 Å². The van der Waals surface area contributed by atoms with Crippen LogP contribution in [-0.2, 0) is 0 Å². The van der Waals surface area contributed by atoms with Gasteiger partial charge < -0.3 is 10.3 Å². The van der Waals surface area contributed by atoms with Gasteiger partial charge in [0, 0.05) is 6.54 Å². The number of fused-ring (bicyclic) bond motifs is 1. The molecule has 1 aromatic heterocycles. The normalized spacial score (nSPS) is 12.8. The highest BCUT2D eigenvalue weighted by Gasteiger charge is 2.17. The number of aromatic nitrogens is 2. The summed E-state index contributed by atoms with van der Waals surface area (Å²) >= 11 is 0. The van der Waals surface area contributed by atoms with Crippen molar-refractivity contribution in [1.29, 1.82) is 0 Å². The summed E-state index contributed by atoms with van der Waals surface area (Å²) in [5, 5.41) is 0. The minimum atomic E-state index is -0.239. The van der Waals surface area contributed by atoms with Gasteiger partial charge in [0.15, 0.2) is 0 Å². The molecular formula is C16H16FN3. The van der Waals surface area contributed by atoms with Gasteiger partial charge in [0.1, 0.15) is 11.6 Å². The lowest BCUT2D eigenvalue weighted by molar-refractivity contribution is 0.588. The Labute approximate surface area is 116 Å². The smallest absolute Gasteiger partial charge is 0.123 e. The predicted octanol–water partition coefficient (Wildman–Crippen LogP) is 3.03. The van der Waals surface area contributed by atoms with Gasteiger partial charge in [-0.15, -0.1) is 0 Å². The van der Waals surface area contributed by atoms with Crippen LogP contribution in [0, 0.1) is 12.7 Å². The van der Waals surface area contributed by atoms with Gasteiger partial charge in [0.25, 0.3) is 0 Å². The highest BCUT2D eigenvalue weighted by atomic mass is 19.1. The number of halogens is 1. The average Bonchev–Trinajstić information content (AvgIpc) is 2.79. The number of imidazole rings is 1. The maximum absolute atomic E-state index is 13.1. The third-order valence-corrected chi connectivity index (χ3v) is 3.56. The van der Waals surface area contributed by atoms with E-state index < -0.39 is 0 Å². The molecule has 0 aliphatic heterocycles. The first-order valence-corrected chi connectivity index (χ1v) is 6.60. The molecule has 3 aromatic rings. The fourth-order valence-corrected chi connectivity index (χ4v) is 2.63. The summed E-state index contributed by atoms with van der Waals surface area (Å²) in [6.45, 7) is 2.40. The Morgan fingerprint density at radius 1 is 1.15 bits per heavy atom. The molecule has 1 heterocycles. The summed E-state index contributed by atoms with van der Waals surface area (Å²) in [6.07, 6.45) is 0. The molecular weight excluding hydrogens is 253 g/mol. The largest absolute Gasteiger partial charge is 0.328 e. The summed E-state index contributed by atoms with van der Waals surface area (Å²) < 4.78 is 15.2. The maximum Gasteiger partial charge on any atom is 0.123 e. The second-order valence-corrected chi connectivity index (χ2v) is 4.82. The van der Waals surface area contributed by atoms with Crippen LogP contribution in [0.4, 0.5) is 4.39 Å². The quantitative estimate of drug-likeness (QED) is 0.794. The molecule has 4 heteroatoms. The number of aryl methyl sites for hydroxylation is 1. The van der Waals surface area contributed by atoms with Crippen molar-refractivity contribution in [2.24, 2.45) is 5.73 Å². The van der Waals surface area contributed by atoms with Crippen LogP contribution in [0.2, 0.25) is 0 Å². The summed E-state index contributed by atoms with van der Waals surface area (Å²) in [5.74, 6) is 0.669. The Bertz CT molecular complexity index is 731. The van der Waals surface area contributed by atoms with Crippen molar-refractivity contribution in [3.05, 3.63) is 65.7 Å². The van der Waals surface area contributed by atoms with Crippen molar-refractivity contribution in [2.75, 3.05) is 6.54 Å². The van der Waals surface area contributed by atoms with Crippen LogP contribution in [0.1, 0.15) is 17.4 Å². The van der Waals surface area contributed by atoms with Gasteiger partial charge in [0.05, 0.1) is 17.1 Å². The van der Waals surface area contributed by atoms with Crippen molar-refractivity contribution in [1.82, 2.24) is 9.55 Å². The molecule has 0 spiro atoms. The maximum atomic E-state index is 13.1. The molecule has 0 amide bonds. The molecule has 102 valence electrons. The Balaban J connectivity index is 2.16. The summed E-state index contributed by atoms with van der Waals surface area (Å²) in [5.41, 5.74) is 8.93. The fraction of sp³-hybridized carbons (Fsp3) is 0.188. The second kappa shape index (κ2) is 5.06. The molecule has 0 aliphatic rings. The number of hydrogen-bond acceptors (Lipinski definition) is 2. The van der Waals surface area contributed by atoms with Gasteiger partial charge in [-0.2, -0.15) is 0 Å². The van der Waals surface area contributed by atoms with Gasteiger partial charge in [-0.3, -0.25) is 0 Å². The van der Waals surface area contributed by atoms with E-state index in [0.717, 1.165) is 22.4 Å². The van der Waals surface area contributed by atoms with Crippen LogP contribution < -0.4 is 5.73 Å². The molecule has 0 fully saturated rings. The molecule has 3 nitrogen and oxygen atoms in total. The molecule has 0 aliphatic carbocycles. The molecule has 0 saturated heterocycles. The standard InChI is InChI=1S/C16H16FN3/c1-11-19-14-4-2-3-5-15(14)20(11)16(10-18)12-6-8-13(17)9-7-12/h2-9,16H,10,18H2,1H3. The molecule has 2 aromatic carbocycles. The Kier molecular flexibility index (Phi) is 3.24. The molecule has 0 bridgehead atoms. The average molecular weight is 269 g/mol. The SMILES string of the molecule is Cc1nc2ccccc2n1C(CN)c1ccc(F)cc1. The molecule has 0 radical (unpaired) electrons. The van der Waals surface area contributed by atoms with Gasteiger partial charge in [-0.25, -0.2) is 9.37 Å². The zero-order valence-electron chi connectivity index (χ0n) is 11.3. The van der Waals surface area contributed by atoms with E-state index in [2.05, 4.69) is 9.55 Å². The summed E-state index contributed by atoms with van der Waals surface area (Å²) in [7, 11) is 0. The topological polar surface area (TPSA) is 43.8 Å². The first kappa shape index (κ1) is 12.8. The predicted molar refractivity (Wildman–Crippen MR) is 78.1 cm³/mol. The van der Waals surface area contributed by atoms with E-state index in [1.165, 1.54) is 12.1 Å². The number of benzene rings is 2. The minimum Gasteiger partial charge on any atom is -0.328 e. The first-order chi connectivity index (χ1) is 9.70. The second-order valence-electron chi connectivity index (χ2n) is 4.82. The minimum absolute atomic E-state index is 0.0389. The van der Waals surface area contributed by atoms with Crippen LogP contribution in [0.25, 0.3) is 11.0 Å². The lowest BCUT2D eigenvalue weighted by atomic mass is 10.1. The molecule has 3 rings (SSSR count). The zero-order chi connectivity index (χ0) is 14.1. The van der Waals surface area contributed by atoms with E-state index in [-0.39, 0.29) is 11.9 Å². The monoisotopic (exact) mass is 269 g/mol. The Morgan fingerprint density at radius 2 is 1.85 bits per heavy atom. The van der Waals surface area contributed by atoms with Gasteiger partial charge >= 0.3 is 0 Å². The van der Waals surface area contributed by atoms with Crippen molar-refractivity contribution in [3.63, 3.8) is 0 Å². The van der Waals surface area contributed by atoms with Crippen molar-refractivity contribution in [2.45, 2.75) is 13.0 Å². The summed E-state index contributed by atoms with van der Waals surface area (Å²) in [4.78, 5) is 4.56. The number of nitrogens with two attached hydrogens (primary N) is 1. The van der Waals surface area contributed by atoms with E-state index in [0.29, 0.717) is 6.54 Å². The van der Waals surface area contributed by atoms with Crippen molar-refractivity contribution >= 4 is 11.0 Å². The van der Waals surface area contributed by atoms with E-state index in [9.17, 15) is 4.39 Å². The van der Waals surface area contributed by atoms with Crippen molar-refractivity contribution in [3.8, 4) is 0 Å². The molecule has 0 saturated carbocycles. The highest BCUT2D eigenvalue weighted by molar-refractivity contribution is 5.76. The third kappa shape index (κ3) is 2.08. The zero-order valence-corrected chi connectivity index (χ0v) is 11.3. The highest BCUT2D eigenvalue weighted by Crippen LogP contribution is 2.25. The lowest BCUT2D eigenvalue weighted by Crippen LogP contribution is -2.21. The number of hydrogen-bond donors (Lipinski definition) is 1. The van der Waals surface area contributed by atoms with Crippen LogP contribution in [-0.4, -0.2) is 16.1 Å². The number of para-hydroxylation sites is 2. The van der Waals surface area contributed by atoms with Crippen molar-refractivity contribution < 1.29 is 4.39 Å². The van der Waals surface area contributed by atoms with Crippen LogP contribution in [0.5, 0.6) is 0 Å². The van der Waals surface area contributed by atoms with Gasteiger partial charge in [0.2, 0.25) is 0 Å². The van der Waals surface area contributed by atoms with E-state index >= 15 is 0 Å². The number of rotatable bonds is 3. The summed E-state index contributed by atoms with van der Waals surface area (Å²) in [6, 6.07) is 14.4. The molecule has 1 atom stereocenters. The molecule has 20 heavy (non-hydrogen) atoms. The van der Waals surface area contributed by atoms with Gasteiger partial charge in [-0.1, -0.05) is 24.3 Å². The van der Waals surface area contributed by atoms with Crippen LogP contribution >= 0.6 is 0 Å².